The summed E-state index contributed by atoms with van der Waals surface area (Å²) >= 11 is 11.3. The summed E-state index contributed by atoms with van der Waals surface area (Å²) in [5.41, 5.74) is 2.46. The molecule has 0 aliphatic heterocycles. The third-order valence-electron chi connectivity index (χ3n) is 4.47. The van der Waals surface area contributed by atoms with Crippen LogP contribution in [0.25, 0.3) is 0 Å². The predicted molar refractivity (Wildman–Crippen MR) is 133 cm³/mol. The van der Waals surface area contributed by atoms with Gasteiger partial charge in [0.1, 0.15) is 11.5 Å². The van der Waals surface area contributed by atoms with E-state index in [0.29, 0.717) is 33.5 Å². The van der Waals surface area contributed by atoms with E-state index in [1.54, 1.807) is 54.6 Å². The molecule has 0 atom stereocenters. The summed E-state index contributed by atoms with van der Waals surface area (Å²) in [6, 6.07) is 19.1. The molecule has 0 saturated heterocycles. The molecule has 0 saturated carbocycles. The first-order valence-electron chi connectivity index (χ1n) is 9.90. The SMILES string of the molecule is COc1cc(NC(=S)NC(=O)COc2ccc(C)cc2)ccc1NC(=O)c1ccccc1Cl. The van der Waals surface area contributed by atoms with E-state index in [1.807, 2.05) is 19.1 Å². The number of nitrogens with one attached hydrogen (secondary N) is 3. The number of carbonyl (C=O) groups excluding carboxylic acids is 2. The Morgan fingerprint density at radius 3 is 2.42 bits per heavy atom. The molecule has 3 rings (SSSR count). The van der Waals surface area contributed by atoms with E-state index < -0.39 is 5.91 Å². The highest BCUT2D eigenvalue weighted by Gasteiger charge is 2.14. The molecule has 3 N–H and O–H groups in total. The van der Waals surface area contributed by atoms with Crippen LogP contribution in [0.5, 0.6) is 11.5 Å². The van der Waals surface area contributed by atoms with E-state index in [4.69, 9.17) is 33.3 Å². The summed E-state index contributed by atoms with van der Waals surface area (Å²) in [5.74, 6) is 0.227. The molecule has 3 aromatic rings. The molecular weight excluding hydrogens is 462 g/mol. The number of methoxy groups -OCH3 is 1. The molecule has 9 heteroatoms. The average Bonchev–Trinajstić information content (AvgIpc) is 2.79. The number of aryl methyl sites for hydroxylation is 1. The van der Waals surface area contributed by atoms with Crippen molar-refractivity contribution in [2.24, 2.45) is 0 Å². The van der Waals surface area contributed by atoms with Crippen LogP contribution < -0.4 is 25.4 Å². The minimum atomic E-state index is -0.399. The molecule has 0 radical (unpaired) electrons. The fourth-order valence-corrected chi connectivity index (χ4v) is 3.27. The lowest BCUT2D eigenvalue weighted by Gasteiger charge is -2.14. The first-order valence-corrected chi connectivity index (χ1v) is 10.7. The summed E-state index contributed by atoms with van der Waals surface area (Å²) in [5, 5.41) is 8.68. The molecule has 0 spiro atoms. The van der Waals surface area contributed by atoms with Gasteiger partial charge in [-0.1, -0.05) is 41.4 Å². The molecular formula is C24H22ClN3O4S. The van der Waals surface area contributed by atoms with E-state index in [2.05, 4.69) is 16.0 Å². The van der Waals surface area contributed by atoms with Crippen LogP contribution in [0.4, 0.5) is 11.4 Å². The minimum Gasteiger partial charge on any atom is -0.494 e. The number of ether oxygens (including phenoxy) is 2. The van der Waals surface area contributed by atoms with Crippen molar-refractivity contribution in [2.45, 2.75) is 6.92 Å². The minimum absolute atomic E-state index is 0.0995. The van der Waals surface area contributed by atoms with Crippen LogP contribution in [0.15, 0.2) is 66.7 Å². The second-order valence-corrected chi connectivity index (χ2v) is 7.77. The zero-order valence-corrected chi connectivity index (χ0v) is 19.5. The Kier molecular flexibility index (Phi) is 8.23. The summed E-state index contributed by atoms with van der Waals surface area (Å²) in [7, 11) is 1.48. The van der Waals surface area contributed by atoms with Gasteiger partial charge in [-0.3, -0.25) is 14.9 Å². The Morgan fingerprint density at radius 2 is 1.73 bits per heavy atom. The number of benzene rings is 3. The predicted octanol–water partition coefficient (Wildman–Crippen LogP) is 4.80. The highest BCUT2D eigenvalue weighted by molar-refractivity contribution is 7.80. The second-order valence-electron chi connectivity index (χ2n) is 6.95. The summed E-state index contributed by atoms with van der Waals surface area (Å²) in [6.07, 6.45) is 0. The normalized spacial score (nSPS) is 10.2. The van der Waals surface area contributed by atoms with Crippen LogP contribution in [0, 0.1) is 6.92 Å². The molecule has 7 nitrogen and oxygen atoms in total. The number of rotatable bonds is 7. The molecule has 170 valence electrons. The molecule has 0 unspecified atom stereocenters. The Hall–Kier alpha value is -3.62. The van der Waals surface area contributed by atoms with Gasteiger partial charge in [-0.15, -0.1) is 0 Å². The molecule has 0 bridgehead atoms. The number of anilines is 2. The summed E-state index contributed by atoms with van der Waals surface area (Å²) in [6.45, 7) is 1.79. The Morgan fingerprint density at radius 1 is 1.00 bits per heavy atom. The van der Waals surface area contributed by atoms with E-state index >= 15 is 0 Å². The second kappa shape index (κ2) is 11.3. The molecule has 33 heavy (non-hydrogen) atoms. The number of hydrogen-bond donors (Lipinski definition) is 3. The van der Waals surface area contributed by atoms with Gasteiger partial charge < -0.3 is 20.1 Å². The van der Waals surface area contributed by atoms with Gasteiger partial charge >= 0.3 is 0 Å². The maximum absolute atomic E-state index is 12.5. The first kappa shape index (κ1) is 24.0. The lowest BCUT2D eigenvalue weighted by Crippen LogP contribution is -2.37. The van der Waals surface area contributed by atoms with Gasteiger partial charge in [0.05, 0.1) is 23.4 Å². The largest absolute Gasteiger partial charge is 0.494 e. The molecule has 0 aliphatic rings. The fraction of sp³-hybridized carbons (Fsp3) is 0.125. The van der Waals surface area contributed by atoms with Crippen molar-refractivity contribution >= 4 is 52.1 Å². The van der Waals surface area contributed by atoms with Crippen molar-refractivity contribution in [2.75, 3.05) is 24.4 Å². The van der Waals surface area contributed by atoms with E-state index in [9.17, 15) is 9.59 Å². The van der Waals surface area contributed by atoms with Crippen molar-refractivity contribution in [3.63, 3.8) is 0 Å². The number of halogens is 1. The Balaban J connectivity index is 1.56. The number of carbonyl (C=O) groups is 2. The van der Waals surface area contributed by atoms with Gasteiger partial charge in [-0.25, -0.2) is 0 Å². The third-order valence-corrected chi connectivity index (χ3v) is 5.00. The van der Waals surface area contributed by atoms with Crippen LogP contribution in [0.1, 0.15) is 15.9 Å². The summed E-state index contributed by atoms with van der Waals surface area (Å²) < 4.78 is 10.8. The third kappa shape index (κ3) is 6.93. The van der Waals surface area contributed by atoms with Gasteiger partial charge in [0.15, 0.2) is 11.7 Å². The summed E-state index contributed by atoms with van der Waals surface area (Å²) in [4.78, 5) is 24.6. The topological polar surface area (TPSA) is 88.7 Å². The molecule has 3 aromatic carbocycles. The zero-order chi connectivity index (χ0) is 23.8. The fourth-order valence-electron chi connectivity index (χ4n) is 2.82. The number of amides is 2. The van der Waals surface area contributed by atoms with Crippen molar-refractivity contribution in [1.29, 1.82) is 0 Å². The lowest BCUT2D eigenvalue weighted by molar-refractivity contribution is -0.121. The Labute approximate surface area is 202 Å². The van der Waals surface area contributed by atoms with Gasteiger partial charge in [0.2, 0.25) is 0 Å². The molecule has 0 aromatic heterocycles. The van der Waals surface area contributed by atoms with Gasteiger partial charge in [0.25, 0.3) is 11.8 Å². The van der Waals surface area contributed by atoms with Crippen LogP contribution in [-0.2, 0) is 4.79 Å². The first-order chi connectivity index (χ1) is 15.9. The highest BCUT2D eigenvalue weighted by atomic mass is 35.5. The monoisotopic (exact) mass is 483 g/mol. The van der Waals surface area contributed by atoms with Crippen LogP contribution >= 0.6 is 23.8 Å². The molecule has 2 amide bonds. The van der Waals surface area contributed by atoms with Crippen LogP contribution in [0.3, 0.4) is 0 Å². The van der Waals surface area contributed by atoms with Crippen molar-refractivity contribution < 1.29 is 19.1 Å². The molecule has 0 fully saturated rings. The number of hydrogen-bond acceptors (Lipinski definition) is 5. The van der Waals surface area contributed by atoms with Crippen molar-refractivity contribution in [1.82, 2.24) is 5.32 Å². The lowest BCUT2D eigenvalue weighted by atomic mass is 10.2. The maximum Gasteiger partial charge on any atom is 0.264 e. The smallest absolute Gasteiger partial charge is 0.264 e. The van der Waals surface area contributed by atoms with E-state index in [-0.39, 0.29) is 17.6 Å². The quantitative estimate of drug-likeness (QED) is 0.418. The van der Waals surface area contributed by atoms with E-state index in [0.717, 1.165) is 5.56 Å². The maximum atomic E-state index is 12.5. The van der Waals surface area contributed by atoms with Gasteiger partial charge in [-0.05, 0) is 55.5 Å². The Bertz CT molecular complexity index is 1170. The molecule has 0 heterocycles. The molecule has 0 aliphatic carbocycles. The standard InChI is InChI=1S/C24H22ClN3O4S/c1-15-7-10-17(11-8-15)32-14-22(29)28-24(33)26-16-9-12-20(21(13-16)31-2)27-23(30)18-5-3-4-6-19(18)25/h3-13H,14H2,1-2H3,(H,27,30)(H2,26,28,29,33). The highest BCUT2D eigenvalue weighted by Crippen LogP contribution is 2.29. The van der Waals surface area contributed by atoms with E-state index in [1.165, 1.54) is 7.11 Å². The number of thiocarbonyl (C=S) groups is 1. The van der Waals surface area contributed by atoms with Gasteiger partial charge in [0, 0.05) is 11.8 Å². The van der Waals surface area contributed by atoms with Crippen LogP contribution in [-0.4, -0.2) is 30.6 Å². The average molecular weight is 484 g/mol. The van der Waals surface area contributed by atoms with Gasteiger partial charge in [-0.2, -0.15) is 0 Å². The van der Waals surface area contributed by atoms with Crippen molar-refractivity contribution in [3.05, 3.63) is 82.9 Å². The van der Waals surface area contributed by atoms with Crippen LogP contribution in [0.2, 0.25) is 5.02 Å². The van der Waals surface area contributed by atoms with Crippen molar-refractivity contribution in [3.8, 4) is 11.5 Å². The zero-order valence-electron chi connectivity index (χ0n) is 18.0.